The third kappa shape index (κ3) is 7.96. The smallest absolute Gasteiger partial charge is 0.427 e. The van der Waals surface area contributed by atoms with E-state index in [0.717, 1.165) is 10.5 Å². The fourth-order valence-corrected chi connectivity index (χ4v) is 3.95. The number of hydrogen-bond donors (Lipinski definition) is 3. The van der Waals surface area contributed by atoms with E-state index >= 15 is 4.39 Å². The minimum absolute atomic E-state index is 0.0178. The molecule has 1 heterocycles. The van der Waals surface area contributed by atoms with Gasteiger partial charge in [-0.3, -0.25) is 14.9 Å². The van der Waals surface area contributed by atoms with Crippen LogP contribution >= 0.6 is 15.9 Å². The van der Waals surface area contributed by atoms with Gasteiger partial charge in [-0.15, -0.1) is 0 Å². The normalized spacial score (nSPS) is 17.4. The van der Waals surface area contributed by atoms with Gasteiger partial charge in [-0.05, 0) is 52.5 Å². The maximum atomic E-state index is 15.0. The molecule has 1 aliphatic carbocycles. The van der Waals surface area contributed by atoms with Gasteiger partial charge in [0.25, 0.3) is 0 Å². The van der Waals surface area contributed by atoms with Gasteiger partial charge in [-0.25, -0.2) is 19.0 Å². The number of halogens is 2. The van der Waals surface area contributed by atoms with E-state index < -0.39 is 54.6 Å². The van der Waals surface area contributed by atoms with E-state index in [1.807, 2.05) is 6.92 Å². The third-order valence-corrected chi connectivity index (χ3v) is 6.77. The number of nitrogens with two attached hydrogens (primary N) is 1. The van der Waals surface area contributed by atoms with E-state index in [-0.39, 0.29) is 29.2 Å². The fraction of sp³-hybridized carbons (Fsp3) is 0.423. The van der Waals surface area contributed by atoms with Crippen LogP contribution < -0.4 is 21.1 Å². The molecule has 0 spiro atoms. The summed E-state index contributed by atoms with van der Waals surface area (Å²) in [4.78, 5) is 53.4. The summed E-state index contributed by atoms with van der Waals surface area (Å²) < 4.78 is 30.7. The molecular formula is C26H30BrFN4O7. The lowest BCUT2D eigenvalue weighted by molar-refractivity contribution is -0.155. The van der Waals surface area contributed by atoms with Crippen LogP contribution in [0.3, 0.4) is 0 Å². The largest absolute Gasteiger partial charge is 0.516 e. The zero-order valence-electron chi connectivity index (χ0n) is 21.7. The highest BCUT2D eigenvalue weighted by atomic mass is 79.9. The van der Waals surface area contributed by atoms with E-state index in [0.29, 0.717) is 18.7 Å². The molecule has 4 N–H and O–H groups in total. The lowest BCUT2D eigenvalue weighted by Gasteiger charge is -2.17. The van der Waals surface area contributed by atoms with Crippen molar-refractivity contribution in [1.82, 2.24) is 10.3 Å². The quantitative estimate of drug-likeness (QED) is 0.143. The average molecular weight is 609 g/mol. The molecular weight excluding hydrogens is 579 g/mol. The van der Waals surface area contributed by atoms with Gasteiger partial charge < -0.3 is 25.3 Å². The van der Waals surface area contributed by atoms with E-state index in [9.17, 15) is 19.2 Å². The molecule has 210 valence electrons. The first-order chi connectivity index (χ1) is 18.5. The van der Waals surface area contributed by atoms with Gasteiger partial charge in [0.2, 0.25) is 6.79 Å². The molecule has 0 saturated heterocycles. The monoisotopic (exact) mass is 608 g/mol. The van der Waals surface area contributed by atoms with Gasteiger partial charge in [-0.1, -0.05) is 27.2 Å². The number of carbonyl (C=O) groups excluding carboxylic acids is 4. The predicted octanol–water partition coefficient (Wildman–Crippen LogP) is 4.64. The summed E-state index contributed by atoms with van der Waals surface area (Å²) in [5, 5.41) is 5.29. The molecule has 0 bridgehead atoms. The maximum Gasteiger partial charge on any atom is 0.516 e. The molecule has 0 aliphatic heterocycles. The number of hydrogen-bond acceptors (Lipinski definition) is 9. The summed E-state index contributed by atoms with van der Waals surface area (Å²) in [6.45, 7) is 4.47. The number of nitrogens with one attached hydrogen (secondary N) is 2. The van der Waals surface area contributed by atoms with E-state index in [2.05, 4.69) is 31.5 Å². The third-order valence-electron chi connectivity index (χ3n) is 6.30. The Morgan fingerprint density at radius 1 is 1.18 bits per heavy atom. The van der Waals surface area contributed by atoms with Crippen LogP contribution in [0, 0.1) is 11.7 Å². The number of urea groups is 1. The second kappa shape index (κ2) is 13.5. The van der Waals surface area contributed by atoms with Crippen LogP contribution in [0.1, 0.15) is 61.9 Å². The predicted molar refractivity (Wildman–Crippen MR) is 142 cm³/mol. The molecule has 1 aromatic carbocycles. The summed E-state index contributed by atoms with van der Waals surface area (Å²) in [6.07, 6.45) is 1.26. The number of aromatic nitrogens is 1. The van der Waals surface area contributed by atoms with Crippen molar-refractivity contribution >= 4 is 45.7 Å². The minimum Gasteiger partial charge on any atom is -0.427 e. The Bertz CT molecular complexity index is 1230. The number of nitrogens with zero attached hydrogens (tertiary/aromatic N) is 1. The molecule has 2 aromatic rings. The molecule has 11 nitrogen and oxygen atoms in total. The number of ether oxygens (including phenoxy) is 3. The minimum atomic E-state index is -1.30. The zero-order chi connectivity index (χ0) is 28.7. The summed E-state index contributed by atoms with van der Waals surface area (Å²) >= 11 is 3.26. The van der Waals surface area contributed by atoms with Gasteiger partial charge in [0.1, 0.15) is 17.7 Å². The second-order valence-corrected chi connectivity index (χ2v) is 9.93. The SMILES string of the molecule is CCC(=O)c1ccc(F)c(C2CC2NC(=O)Nc2ccc(Br)cn2)c1OC(=O)OCOC(=O)[C@@H](N)[C@@H](C)CC. The molecule has 0 radical (unpaired) electrons. The molecule has 1 fully saturated rings. The van der Waals surface area contributed by atoms with Crippen molar-refractivity contribution in [1.29, 1.82) is 0 Å². The van der Waals surface area contributed by atoms with E-state index in [4.69, 9.17) is 19.9 Å². The summed E-state index contributed by atoms with van der Waals surface area (Å²) in [6, 6.07) is 3.68. The fourth-order valence-electron chi connectivity index (χ4n) is 3.72. The number of amides is 2. The van der Waals surface area contributed by atoms with Crippen LogP contribution in [-0.2, 0) is 14.3 Å². The highest BCUT2D eigenvalue weighted by molar-refractivity contribution is 9.10. The van der Waals surface area contributed by atoms with Crippen LogP contribution in [0.5, 0.6) is 5.75 Å². The zero-order valence-corrected chi connectivity index (χ0v) is 23.2. The second-order valence-electron chi connectivity index (χ2n) is 9.01. The van der Waals surface area contributed by atoms with Crippen molar-refractivity contribution in [2.24, 2.45) is 11.7 Å². The Morgan fingerprint density at radius 3 is 2.56 bits per heavy atom. The van der Waals surface area contributed by atoms with Crippen molar-refractivity contribution in [3.05, 3.63) is 51.9 Å². The first-order valence-corrected chi connectivity index (χ1v) is 13.2. The van der Waals surface area contributed by atoms with Crippen molar-refractivity contribution in [2.45, 2.75) is 58.0 Å². The molecule has 2 unspecified atom stereocenters. The number of pyridine rings is 1. The first kappa shape index (κ1) is 30.0. The van der Waals surface area contributed by atoms with Crippen molar-refractivity contribution in [3.8, 4) is 5.75 Å². The highest BCUT2D eigenvalue weighted by Gasteiger charge is 2.44. The van der Waals surface area contributed by atoms with Crippen LogP contribution in [0.15, 0.2) is 34.9 Å². The summed E-state index contributed by atoms with van der Waals surface area (Å²) in [5.41, 5.74) is 5.72. The Labute approximate surface area is 233 Å². The average Bonchev–Trinajstić information content (AvgIpc) is 3.66. The molecule has 4 atom stereocenters. The summed E-state index contributed by atoms with van der Waals surface area (Å²) in [7, 11) is 0. The maximum absolute atomic E-state index is 15.0. The Balaban J connectivity index is 1.69. The number of anilines is 1. The van der Waals surface area contributed by atoms with E-state index in [1.165, 1.54) is 12.3 Å². The molecule has 39 heavy (non-hydrogen) atoms. The Hall–Kier alpha value is -3.58. The molecule has 13 heteroatoms. The number of carbonyl (C=O) groups is 4. The summed E-state index contributed by atoms with van der Waals surface area (Å²) in [5.74, 6) is -2.59. The molecule has 1 aliphatic rings. The van der Waals surface area contributed by atoms with Gasteiger partial charge in [0, 0.05) is 34.6 Å². The molecule has 2 amide bonds. The number of esters is 1. The molecule has 1 saturated carbocycles. The van der Waals surface area contributed by atoms with Gasteiger partial charge in [-0.2, -0.15) is 0 Å². The van der Waals surface area contributed by atoms with Crippen LogP contribution in [0.25, 0.3) is 0 Å². The van der Waals surface area contributed by atoms with Crippen molar-refractivity contribution in [2.75, 3.05) is 12.1 Å². The van der Waals surface area contributed by atoms with Crippen LogP contribution in [0.2, 0.25) is 0 Å². The Morgan fingerprint density at radius 2 is 1.92 bits per heavy atom. The van der Waals surface area contributed by atoms with Gasteiger partial charge >= 0.3 is 18.2 Å². The number of rotatable bonds is 11. The van der Waals surface area contributed by atoms with Gasteiger partial charge in [0.05, 0.1) is 5.56 Å². The first-order valence-electron chi connectivity index (χ1n) is 12.4. The topological polar surface area (TPSA) is 159 Å². The van der Waals surface area contributed by atoms with Crippen LogP contribution in [0.4, 0.5) is 19.8 Å². The number of Topliss-reactive ketones (excluding diaryl/α,β-unsaturated/α-hetero) is 1. The molecule has 1 aromatic heterocycles. The van der Waals surface area contributed by atoms with Gasteiger partial charge in [0.15, 0.2) is 11.5 Å². The lowest BCUT2D eigenvalue weighted by atomic mass is 10.00. The van der Waals surface area contributed by atoms with Crippen LogP contribution in [-0.4, -0.2) is 47.8 Å². The number of benzene rings is 1. The number of ketones is 1. The van der Waals surface area contributed by atoms with Crippen molar-refractivity contribution < 1.29 is 37.8 Å². The van der Waals surface area contributed by atoms with E-state index in [1.54, 1.807) is 26.0 Å². The molecule has 3 rings (SSSR count). The Kier molecular flexibility index (Phi) is 10.4. The van der Waals surface area contributed by atoms with Crippen molar-refractivity contribution in [3.63, 3.8) is 0 Å². The standard InChI is InChI=1S/C26H30BrFN4O7/c1-4-13(3)22(29)24(34)37-12-38-26(36)39-23-15(19(33)5-2)7-8-17(28)21(23)16-10-18(16)31-25(35)32-20-9-6-14(27)11-30-20/h6-9,11,13,16,18,22H,4-5,10,12,29H2,1-3H3,(H2,30,31,32,35)/t13-,16?,18?,22-/m0/s1. The highest BCUT2D eigenvalue weighted by Crippen LogP contribution is 2.47. The lowest BCUT2D eigenvalue weighted by Crippen LogP contribution is -2.38.